The molecule has 120 valence electrons. The lowest BCUT2D eigenvalue weighted by molar-refractivity contribution is 0.414. The van der Waals surface area contributed by atoms with Gasteiger partial charge in [-0.1, -0.05) is 0 Å². The lowest BCUT2D eigenvalue weighted by Crippen LogP contribution is -2.08. The first-order valence-corrected chi connectivity index (χ1v) is 8.08. The van der Waals surface area contributed by atoms with Crippen molar-refractivity contribution in [2.45, 2.75) is 6.54 Å². The van der Waals surface area contributed by atoms with Gasteiger partial charge in [0.1, 0.15) is 11.3 Å². The van der Waals surface area contributed by atoms with Gasteiger partial charge in [0.05, 0.1) is 13.7 Å². The maximum absolute atomic E-state index is 11.8. The van der Waals surface area contributed by atoms with Crippen LogP contribution in [0.3, 0.4) is 0 Å². The van der Waals surface area contributed by atoms with Crippen molar-refractivity contribution in [1.29, 1.82) is 0 Å². The van der Waals surface area contributed by atoms with Crippen molar-refractivity contribution >= 4 is 22.3 Å². The highest BCUT2D eigenvalue weighted by atomic mass is 32.1. The second kappa shape index (κ2) is 5.89. The Kier molecular flexibility index (Phi) is 3.58. The third-order valence-corrected chi connectivity index (χ3v) is 4.26. The molecule has 8 heteroatoms. The second-order valence-corrected chi connectivity index (χ2v) is 5.89. The molecule has 0 bridgehead atoms. The smallest absolute Gasteiger partial charge is 0.336 e. The number of thiophene rings is 1. The molecule has 0 N–H and O–H groups in total. The van der Waals surface area contributed by atoms with E-state index in [0.717, 1.165) is 16.5 Å². The molecule has 0 unspecified atom stereocenters. The molecule has 24 heavy (non-hydrogen) atoms. The van der Waals surface area contributed by atoms with Gasteiger partial charge >= 0.3 is 5.63 Å². The van der Waals surface area contributed by atoms with Crippen LogP contribution < -0.4 is 10.4 Å². The summed E-state index contributed by atoms with van der Waals surface area (Å²) >= 11 is 1.57. The average molecular weight is 340 g/mol. The van der Waals surface area contributed by atoms with Gasteiger partial charge in [0.25, 0.3) is 0 Å². The molecule has 3 heterocycles. The highest BCUT2D eigenvalue weighted by molar-refractivity contribution is 7.08. The Balaban J connectivity index is 1.73. The molecule has 1 aromatic carbocycles. The van der Waals surface area contributed by atoms with Gasteiger partial charge in [0.15, 0.2) is 0 Å². The van der Waals surface area contributed by atoms with Crippen LogP contribution in [-0.4, -0.2) is 27.3 Å². The summed E-state index contributed by atoms with van der Waals surface area (Å²) in [4.78, 5) is 13.3. The van der Waals surface area contributed by atoms with E-state index in [-0.39, 0.29) is 0 Å². The molecule has 0 aliphatic heterocycles. The maximum Gasteiger partial charge on any atom is 0.336 e. The summed E-state index contributed by atoms with van der Waals surface area (Å²) in [7, 11) is 1.56. The van der Waals surface area contributed by atoms with Gasteiger partial charge in [-0.15, -0.1) is 10.2 Å². The van der Waals surface area contributed by atoms with E-state index in [0.29, 0.717) is 23.7 Å². The number of hydrogen-bond acceptors (Lipinski definition) is 7. The highest BCUT2D eigenvalue weighted by Crippen LogP contribution is 2.23. The predicted octanol–water partition coefficient (Wildman–Crippen LogP) is 2.56. The summed E-state index contributed by atoms with van der Waals surface area (Å²) in [6, 6.07) is 8.74. The average Bonchev–Trinajstić information content (AvgIpc) is 3.25. The first-order valence-electron chi connectivity index (χ1n) is 7.14. The molecule has 0 aliphatic rings. The van der Waals surface area contributed by atoms with Crippen molar-refractivity contribution in [2.75, 3.05) is 7.11 Å². The zero-order valence-electron chi connectivity index (χ0n) is 12.7. The molecule has 0 radical (unpaired) electrons. The van der Waals surface area contributed by atoms with Crippen molar-refractivity contribution < 1.29 is 9.15 Å². The SMILES string of the molecule is COc1ccc2c(Cn3nnc(-c4ccsc4)n3)cc(=O)oc2c1. The van der Waals surface area contributed by atoms with Gasteiger partial charge in [-0.25, -0.2) is 4.79 Å². The molecular formula is C16H12N4O3S. The van der Waals surface area contributed by atoms with Crippen LogP contribution in [0, 0.1) is 0 Å². The van der Waals surface area contributed by atoms with E-state index in [1.165, 1.54) is 10.9 Å². The Morgan fingerprint density at radius 1 is 1.29 bits per heavy atom. The van der Waals surface area contributed by atoms with Gasteiger partial charge in [-0.05, 0) is 34.4 Å². The largest absolute Gasteiger partial charge is 0.497 e. The highest BCUT2D eigenvalue weighted by Gasteiger charge is 2.11. The molecule has 0 amide bonds. The fourth-order valence-electron chi connectivity index (χ4n) is 2.44. The number of aromatic nitrogens is 4. The Morgan fingerprint density at radius 3 is 3.00 bits per heavy atom. The third-order valence-electron chi connectivity index (χ3n) is 3.58. The standard InChI is InChI=1S/C16H12N4O3S/c1-22-12-2-3-13-11(6-15(21)23-14(13)7-12)8-20-18-16(17-19-20)10-4-5-24-9-10/h2-7,9H,8H2,1H3. The van der Waals surface area contributed by atoms with Crippen LogP contribution in [0.5, 0.6) is 5.75 Å². The molecule has 0 saturated heterocycles. The quantitative estimate of drug-likeness (QED) is 0.531. The normalized spacial score (nSPS) is 11.0. The molecule has 0 saturated carbocycles. The summed E-state index contributed by atoms with van der Waals surface area (Å²) in [5.41, 5.74) is 1.73. The van der Waals surface area contributed by atoms with Crippen LogP contribution in [0.1, 0.15) is 5.56 Å². The van der Waals surface area contributed by atoms with E-state index in [9.17, 15) is 4.79 Å². The van der Waals surface area contributed by atoms with Crippen LogP contribution in [0.25, 0.3) is 22.4 Å². The number of rotatable bonds is 4. The Bertz CT molecular complexity index is 1050. The summed E-state index contributed by atoms with van der Waals surface area (Å²) in [6.07, 6.45) is 0. The van der Waals surface area contributed by atoms with E-state index in [4.69, 9.17) is 9.15 Å². The van der Waals surface area contributed by atoms with Gasteiger partial charge in [0, 0.05) is 28.5 Å². The number of tetrazole rings is 1. The summed E-state index contributed by atoms with van der Waals surface area (Å²) in [5.74, 6) is 1.19. The van der Waals surface area contributed by atoms with E-state index >= 15 is 0 Å². The van der Waals surface area contributed by atoms with Gasteiger partial charge < -0.3 is 9.15 Å². The summed E-state index contributed by atoms with van der Waals surface area (Å²) < 4.78 is 10.4. The predicted molar refractivity (Wildman–Crippen MR) is 89.3 cm³/mol. The topological polar surface area (TPSA) is 83.0 Å². The number of ether oxygens (including phenoxy) is 1. The van der Waals surface area contributed by atoms with E-state index in [2.05, 4.69) is 15.4 Å². The minimum atomic E-state index is -0.427. The molecule has 0 fully saturated rings. The number of benzene rings is 1. The fraction of sp³-hybridized carbons (Fsp3) is 0.125. The third kappa shape index (κ3) is 2.67. The van der Waals surface area contributed by atoms with Crippen molar-refractivity contribution in [3.8, 4) is 17.1 Å². The van der Waals surface area contributed by atoms with Gasteiger partial charge in [-0.2, -0.15) is 16.1 Å². The van der Waals surface area contributed by atoms with Crippen molar-refractivity contribution in [3.63, 3.8) is 0 Å². The molecule has 7 nitrogen and oxygen atoms in total. The van der Waals surface area contributed by atoms with Crippen LogP contribution in [0.15, 0.2) is 50.3 Å². The zero-order valence-corrected chi connectivity index (χ0v) is 13.5. The lowest BCUT2D eigenvalue weighted by atomic mass is 10.1. The van der Waals surface area contributed by atoms with Crippen LogP contribution in [-0.2, 0) is 6.54 Å². The van der Waals surface area contributed by atoms with E-state index < -0.39 is 5.63 Å². The number of nitrogens with zero attached hydrogens (tertiary/aromatic N) is 4. The first-order chi connectivity index (χ1) is 11.7. The second-order valence-electron chi connectivity index (χ2n) is 5.11. The number of fused-ring (bicyclic) bond motifs is 1. The summed E-state index contributed by atoms with van der Waals surface area (Å²) in [6.45, 7) is 0.325. The van der Waals surface area contributed by atoms with Crippen molar-refractivity contribution in [3.05, 3.63) is 57.1 Å². The fourth-order valence-corrected chi connectivity index (χ4v) is 3.07. The number of hydrogen-bond donors (Lipinski definition) is 0. The van der Waals surface area contributed by atoms with E-state index in [1.807, 2.05) is 29.0 Å². The molecule has 4 rings (SSSR count). The van der Waals surface area contributed by atoms with Crippen LogP contribution in [0.2, 0.25) is 0 Å². The molecule has 4 aromatic rings. The maximum atomic E-state index is 11.8. The first kappa shape index (κ1) is 14.6. The van der Waals surface area contributed by atoms with Gasteiger partial charge in [0.2, 0.25) is 5.82 Å². The van der Waals surface area contributed by atoms with E-state index in [1.54, 1.807) is 24.5 Å². The molecule has 3 aromatic heterocycles. The molecule has 0 atom stereocenters. The molecule has 0 aliphatic carbocycles. The van der Waals surface area contributed by atoms with Crippen LogP contribution >= 0.6 is 11.3 Å². The molecule has 0 spiro atoms. The minimum absolute atomic E-state index is 0.325. The summed E-state index contributed by atoms with van der Waals surface area (Å²) in [5, 5.41) is 17.2. The van der Waals surface area contributed by atoms with Crippen molar-refractivity contribution in [1.82, 2.24) is 20.2 Å². The zero-order chi connectivity index (χ0) is 16.5. The molecular weight excluding hydrogens is 328 g/mol. The van der Waals surface area contributed by atoms with Gasteiger partial charge in [-0.3, -0.25) is 0 Å². The Morgan fingerprint density at radius 2 is 2.21 bits per heavy atom. The Hall–Kier alpha value is -3.00. The van der Waals surface area contributed by atoms with Crippen molar-refractivity contribution in [2.24, 2.45) is 0 Å². The van der Waals surface area contributed by atoms with Crippen LogP contribution in [0.4, 0.5) is 0 Å². The minimum Gasteiger partial charge on any atom is -0.497 e. The monoisotopic (exact) mass is 340 g/mol. The Labute approximate surface area is 140 Å². The lowest BCUT2D eigenvalue weighted by Gasteiger charge is -2.06. The number of methoxy groups -OCH3 is 1.